The number of nitrogens with zero attached hydrogens (tertiary/aromatic N) is 3. The second-order valence-corrected chi connectivity index (χ2v) is 9.29. The summed E-state index contributed by atoms with van der Waals surface area (Å²) < 4.78 is 2.24. The number of imidazole rings is 1. The van der Waals surface area contributed by atoms with Crippen LogP contribution >= 0.6 is 11.3 Å². The Morgan fingerprint density at radius 2 is 1.35 bits per heavy atom. The van der Waals surface area contributed by atoms with Crippen molar-refractivity contribution in [2.75, 3.05) is 0 Å². The number of benzene rings is 3. The minimum absolute atomic E-state index is 0.515. The molecule has 0 saturated carbocycles. The van der Waals surface area contributed by atoms with Crippen LogP contribution in [0.1, 0.15) is 46.3 Å². The number of rotatable bonds is 9. The number of hydrogen-bond donors (Lipinski definition) is 1. The molecule has 0 radical (unpaired) electrons. The fraction of sp³-hybridized carbons (Fsp3) is 0.172. The van der Waals surface area contributed by atoms with Crippen molar-refractivity contribution in [3.05, 3.63) is 142 Å². The van der Waals surface area contributed by atoms with Crippen molar-refractivity contribution in [2.45, 2.75) is 30.9 Å². The van der Waals surface area contributed by atoms with Gasteiger partial charge in [-0.15, -0.1) is 11.3 Å². The van der Waals surface area contributed by atoms with Gasteiger partial charge in [0.1, 0.15) is 16.7 Å². The van der Waals surface area contributed by atoms with Gasteiger partial charge in [-0.3, -0.25) is 0 Å². The van der Waals surface area contributed by atoms with E-state index in [0.717, 1.165) is 23.5 Å². The first-order valence-electron chi connectivity index (χ1n) is 11.6. The molecule has 0 fully saturated rings. The van der Waals surface area contributed by atoms with Gasteiger partial charge in [0.25, 0.3) is 0 Å². The number of aliphatic hydroxyl groups is 1. The average molecular weight is 466 g/mol. The highest BCUT2D eigenvalue weighted by atomic mass is 32.1. The highest BCUT2D eigenvalue weighted by Crippen LogP contribution is 2.40. The molecule has 2 aromatic heterocycles. The Morgan fingerprint density at radius 1 is 0.794 bits per heavy atom. The van der Waals surface area contributed by atoms with Gasteiger partial charge in [0.05, 0.1) is 12.0 Å². The zero-order chi connectivity index (χ0) is 23.2. The Morgan fingerprint density at radius 3 is 1.85 bits per heavy atom. The lowest BCUT2D eigenvalue weighted by Crippen LogP contribution is -2.36. The summed E-state index contributed by atoms with van der Waals surface area (Å²) in [5.41, 5.74) is 4.00. The van der Waals surface area contributed by atoms with E-state index in [-0.39, 0.29) is 0 Å². The monoisotopic (exact) mass is 465 g/mol. The van der Waals surface area contributed by atoms with Gasteiger partial charge >= 0.3 is 0 Å². The normalized spacial score (nSPS) is 12.5. The summed E-state index contributed by atoms with van der Waals surface area (Å²) in [6.45, 7) is 0. The first-order valence-corrected chi connectivity index (χ1v) is 12.4. The van der Waals surface area contributed by atoms with E-state index in [2.05, 4.69) is 107 Å². The summed E-state index contributed by atoms with van der Waals surface area (Å²) in [7, 11) is 0. The minimum Gasteiger partial charge on any atom is -0.386 e. The van der Waals surface area contributed by atoms with E-state index in [9.17, 15) is 5.11 Å². The van der Waals surface area contributed by atoms with E-state index in [1.807, 2.05) is 11.7 Å². The molecule has 0 bridgehead atoms. The molecular formula is C29H27N3OS. The summed E-state index contributed by atoms with van der Waals surface area (Å²) in [6.07, 6.45) is 7.63. The molecule has 0 aliphatic rings. The zero-order valence-corrected chi connectivity index (χ0v) is 19.7. The van der Waals surface area contributed by atoms with Gasteiger partial charge in [-0.1, -0.05) is 91.0 Å². The highest BCUT2D eigenvalue weighted by Gasteiger charge is 2.38. The molecule has 3 aromatic carbocycles. The predicted octanol–water partition coefficient (Wildman–Crippen LogP) is 6.24. The maximum Gasteiger partial charge on any atom is 0.121 e. The summed E-state index contributed by atoms with van der Waals surface area (Å²) >= 11 is 1.50. The van der Waals surface area contributed by atoms with Gasteiger partial charge in [-0.05, 0) is 36.0 Å². The molecule has 5 aromatic rings. The van der Waals surface area contributed by atoms with Crippen LogP contribution in [0.25, 0.3) is 0 Å². The van der Waals surface area contributed by atoms with Gasteiger partial charge in [0, 0.05) is 17.8 Å². The number of thiazole rings is 1. The van der Waals surface area contributed by atoms with E-state index >= 15 is 0 Å². The maximum atomic E-state index is 10.4. The fourth-order valence-electron chi connectivity index (χ4n) is 4.66. The number of hydrogen-bond acceptors (Lipinski definition) is 4. The first-order chi connectivity index (χ1) is 16.8. The summed E-state index contributed by atoms with van der Waals surface area (Å²) in [4.78, 5) is 9.01. The van der Waals surface area contributed by atoms with E-state index in [0.29, 0.717) is 6.42 Å². The molecule has 2 heterocycles. The summed E-state index contributed by atoms with van der Waals surface area (Å²) in [5, 5.41) is 13.1. The van der Waals surface area contributed by atoms with E-state index in [1.165, 1.54) is 28.0 Å². The van der Waals surface area contributed by atoms with Crippen molar-refractivity contribution in [3.8, 4) is 0 Å². The summed E-state index contributed by atoms with van der Waals surface area (Å²) in [6, 6.07) is 31.8. The van der Waals surface area contributed by atoms with Crippen LogP contribution in [0, 0.1) is 0 Å². The molecule has 170 valence electrons. The molecule has 0 spiro atoms. The second-order valence-electron chi connectivity index (χ2n) is 8.36. The Labute approximate surface area is 204 Å². The molecule has 1 atom stereocenters. The standard InChI is InChI=1S/C29H27N3OS/c33-27(28-30-19-20-34-28)18-10-17-26-21-32(22-31-26)29(23-11-4-1-5-12-23,24-13-6-2-7-14-24)25-15-8-3-9-16-25/h1-9,11-16,19-22,27,33H,10,17-18H2. The third kappa shape index (κ3) is 4.32. The lowest BCUT2D eigenvalue weighted by molar-refractivity contribution is 0.164. The minimum atomic E-state index is -0.546. The summed E-state index contributed by atoms with van der Waals surface area (Å²) in [5.74, 6) is 0. The molecule has 0 aliphatic heterocycles. The number of aliphatic hydroxyl groups excluding tert-OH is 1. The van der Waals surface area contributed by atoms with Crippen LogP contribution in [0.2, 0.25) is 0 Å². The molecule has 5 rings (SSSR count). The first kappa shape index (κ1) is 22.3. The molecule has 0 saturated heterocycles. The van der Waals surface area contributed by atoms with Gasteiger partial charge < -0.3 is 9.67 Å². The second kappa shape index (κ2) is 10.2. The molecule has 0 amide bonds. The smallest absolute Gasteiger partial charge is 0.121 e. The lowest BCUT2D eigenvalue weighted by Gasteiger charge is -2.37. The van der Waals surface area contributed by atoms with Crippen LogP contribution in [-0.2, 0) is 12.0 Å². The van der Waals surface area contributed by atoms with Crippen molar-refractivity contribution in [1.82, 2.24) is 14.5 Å². The molecule has 4 nitrogen and oxygen atoms in total. The highest BCUT2D eigenvalue weighted by molar-refractivity contribution is 7.09. The Kier molecular flexibility index (Phi) is 6.65. The largest absolute Gasteiger partial charge is 0.386 e. The van der Waals surface area contributed by atoms with Crippen LogP contribution in [-0.4, -0.2) is 19.6 Å². The van der Waals surface area contributed by atoms with Gasteiger partial charge in [-0.2, -0.15) is 0 Å². The van der Waals surface area contributed by atoms with Gasteiger partial charge in [-0.25, -0.2) is 9.97 Å². The van der Waals surface area contributed by atoms with E-state index in [1.54, 1.807) is 6.20 Å². The van der Waals surface area contributed by atoms with Crippen molar-refractivity contribution in [2.24, 2.45) is 0 Å². The number of aromatic nitrogens is 3. The predicted molar refractivity (Wildman–Crippen MR) is 137 cm³/mol. The molecule has 34 heavy (non-hydrogen) atoms. The van der Waals surface area contributed by atoms with Crippen LogP contribution in [0.4, 0.5) is 0 Å². The lowest BCUT2D eigenvalue weighted by atomic mass is 9.77. The third-order valence-electron chi connectivity index (χ3n) is 6.25. The molecule has 1 unspecified atom stereocenters. The van der Waals surface area contributed by atoms with Crippen molar-refractivity contribution in [3.63, 3.8) is 0 Å². The van der Waals surface area contributed by atoms with Gasteiger partial charge in [0.15, 0.2) is 0 Å². The van der Waals surface area contributed by atoms with Crippen molar-refractivity contribution in [1.29, 1.82) is 0 Å². The molecular weight excluding hydrogens is 438 g/mol. The van der Waals surface area contributed by atoms with Crippen molar-refractivity contribution >= 4 is 11.3 Å². The topological polar surface area (TPSA) is 50.9 Å². The van der Waals surface area contributed by atoms with Crippen LogP contribution < -0.4 is 0 Å². The Hall–Kier alpha value is -3.54. The third-order valence-corrected chi connectivity index (χ3v) is 7.12. The quantitative estimate of drug-likeness (QED) is 0.262. The number of aryl methyl sites for hydroxylation is 1. The van der Waals surface area contributed by atoms with Gasteiger partial charge in [0.2, 0.25) is 0 Å². The molecule has 1 N–H and O–H groups in total. The SMILES string of the molecule is OC(CCCc1cn(C(c2ccccc2)(c2ccccc2)c2ccccc2)cn1)c1nccs1. The van der Waals surface area contributed by atoms with Crippen LogP contribution in [0.5, 0.6) is 0 Å². The van der Waals surface area contributed by atoms with E-state index < -0.39 is 11.6 Å². The Balaban J connectivity index is 1.52. The maximum absolute atomic E-state index is 10.4. The fourth-order valence-corrected chi connectivity index (χ4v) is 5.32. The average Bonchev–Trinajstić information content (AvgIpc) is 3.60. The molecule has 0 aliphatic carbocycles. The zero-order valence-electron chi connectivity index (χ0n) is 18.9. The Bertz CT molecular complexity index is 1190. The van der Waals surface area contributed by atoms with E-state index in [4.69, 9.17) is 4.98 Å². The van der Waals surface area contributed by atoms with Crippen LogP contribution in [0.3, 0.4) is 0 Å². The van der Waals surface area contributed by atoms with Crippen molar-refractivity contribution < 1.29 is 5.11 Å². The van der Waals surface area contributed by atoms with Crippen LogP contribution in [0.15, 0.2) is 115 Å². The molecule has 5 heteroatoms.